The first-order valence-electron chi connectivity index (χ1n) is 4.39. The fourth-order valence-electron chi connectivity index (χ4n) is 1.01. The van der Waals surface area contributed by atoms with Crippen molar-refractivity contribution in [1.29, 1.82) is 0 Å². The van der Waals surface area contributed by atoms with Gasteiger partial charge in [-0.3, -0.25) is 0 Å². The Morgan fingerprint density at radius 2 is 2.38 bits per heavy atom. The molecule has 0 aromatic carbocycles. The molecule has 2 heteroatoms. The highest BCUT2D eigenvalue weighted by atomic mass is 15.0. The first kappa shape index (κ1) is 9.60. The third kappa shape index (κ3) is 3.62. The van der Waals surface area contributed by atoms with Gasteiger partial charge in [0.05, 0.1) is 0 Å². The van der Waals surface area contributed by atoms with Crippen LogP contribution in [-0.4, -0.2) is 11.5 Å². The van der Waals surface area contributed by atoms with Crippen molar-refractivity contribution in [1.82, 2.24) is 4.98 Å². The van der Waals surface area contributed by atoms with Crippen molar-refractivity contribution in [3.05, 3.63) is 23.9 Å². The number of hydrogen-bond acceptors (Lipinski definition) is 2. The summed E-state index contributed by atoms with van der Waals surface area (Å²) >= 11 is 0. The van der Waals surface area contributed by atoms with Gasteiger partial charge in [-0.25, -0.2) is 4.98 Å². The van der Waals surface area contributed by atoms with E-state index in [1.807, 2.05) is 25.3 Å². The van der Waals surface area contributed by atoms with E-state index in [4.69, 9.17) is 0 Å². The van der Waals surface area contributed by atoms with Gasteiger partial charge < -0.3 is 5.32 Å². The molecule has 1 heterocycles. The Morgan fingerprint density at radius 1 is 1.54 bits per heavy atom. The minimum absolute atomic E-state index is 0.858. The van der Waals surface area contributed by atoms with Crippen LogP contribution in [0.4, 0.5) is 5.82 Å². The van der Waals surface area contributed by atoms with Crippen LogP contribution >= 0.6 is 0 Å². The third-order valence-electron chi connectivity index (χ3n) is 1.65. The molecule has 0 aliphatic carbocycles. The quantitative estimate of drug-likeness (QED) is 0.561. The summed E-state index contributed by atoms with van der Waals surface area (Å²) in [5, 5.41) is 3.21. The van der Waals surface area contributed by atoms with Crippen LogP contribution in [-0.2, 0) is 0 Å². The molecule has 1 aromatic heterocycles. The molecular weight excluding hydrogens is 160 g/mol. The summed E-state index contributed by atoms with van der Waals surface area (Å²) in [5.74, 6) is 6.78. The SMILES string of the molecule is CC#CCCNc1cc(C)ccn1. The lowest BCUT2D eigenvalue weighted by molar-refractivity contribution is 1.07. The van der Waals surface area contributed by atoms with E-state index in [0.29, 0.717) is 0 Å². The lowest BCUT2D eigenvalue weighted by Gasteiger charge is -2.02. The maximum absolute atomic E-state index is 4.18. The van der Waals surface area contributed by atoms with E-state index in [9.17, 15) is 0 Å². The number of anilines is 1. The van der Waals surface area contributed by atoms with E-state index in [0.717, 1.165) is 18.8 Å². The van der Waals surface area contributed by atoms with E-state index >= 15 is 0 Å². The molecule has 1 rings (SSSR count). The van der Waals surface area contributed by atoms with E-state index in [-0.39, 0.29) is 0 Å². The van der Waals surface area contributed by atoms with Crippen molar-refractivity contribution in [3.63, 3.8) is 0 Å². The van der Waals surface area contributed by atoms with Crippen LogP contribution in [0.5, 0.6) is 0 Å². The molecule has 1 aromatic rings. The van der Waals surface area contributed by atoms with Gasteiger partial charge >= 0.3 is 0 Å². The molecule has 0 fully saturated rings. The highest BCUT2D eigenvalue weighted by Crippen LogP contribution is 2.04. The number of nitrogens with zero attached hydrogens (tertiary/aromatic N) is 1. The predicted octanol–water partition coefficient (Wildman–Crippen LogP) is 2.22. The Kier molecular flexibility index (Phi) is 3.84. The molecule has 0 aliphatic heterocycles. The third-order valence-corrected chi connectivity index (χ3v) is 1.65. The molecule has 0 aliphatic rings. The summed E-state index contributed by atoms with van der Waals surface area (Å²) < 4.78 is 0. The summed E-state index contributed by atoms with van der Waals surface area (Å²) in [5.41, 5.74) is 1.22. The zero-order chi connectivity index (χ0) is 9.52. The van der Waals surface area contributed by atoms with Gasteiger partial charge in [0.1, 0.15) is 5.82 Å². The van der Waals surface area contributed by atoms with Crippen molar-refractivity contribution in [2.45, 2.75) is 20.3 Å². The van der Waals surface area contributed by atoms with Gasteiger partial charge in [0.15, 0.2) is 0 Å². The molecule has 0 saturated heterocycles. The molecule has 0 bridgehead atoms. The zero-order valence-electron chi connectivity index (χ0n) is 8.09. The summed E-state index contributed by atoms with van der Waals surface area (Å²) in [6, 6.07) is 4.01. The Bertz CT molecular complexity index is 320. The smallest absolute Gasteiger partial charge is 0.126 e. The Balaban J connectivity index is 2.39. The minimum Gasteiger partial charge on any atom is -0.369 e. The summed E-state index contributed by atoms with van der Waals surface area (Å²) in [4.78, 5) is 4.18. The van der Waals surface area contributed by atoms with Gasteiger partial charge in [-0.2, -0.15) is 0 Å². The average molecular weight is 174 g/mol. The lowest BCUT2D eigenvalue weighted by Crippen LogP contribution is -2.02. The van der Waals surface area contributed by atoms with Crippen LogP contribution in [0.25, 0.3) is 0 Å². The standard InChI is InChI=1S/C11H14N2/c1-3-4-5-7-12-11-9-10(2)6-8-13-11/h6,8-9H,5,7H2,1-2H3,(H,12,13). The van der Waals surface area contributed by atoms with Gasteiger partial charge in [0.2, 0.25) is 0 Å². The molecule has 0 spiro atoms. The Morgan fingerprint density at radius 3 is 3.08 bits per heavy atom. The monoisotopic (exact) mass is 174 g/mol. The minimum atomic E-state index is 0.858. The predicted molar refractivity (Wildman–Crippen MR) is 55.5 cm³/mol. The van der Waals surface area contributed by atoms with Gasteiger partial charge in [-0.05, 0) is 31.5 Å². The number of nitrogens with one attached hydrogen (secondary N) is 1. The topological polar surface area (TPSA) is 24.9 Å². The molecule has 0 unspecified atom stereocenters. The van der Waals surface area contributed by atoms with E-state index in [2.05, 4.69) is 29.1 Å². The maximum Gasteiger partial charge on any atom is 0.126 e. The van der Waals surface area contributed by atoms with Crippen LogP contribution in [0.2, 0.25) is 0 Å². The zero-order valence-corrected chi connectivity index (χ0v) is 8.09. The highest BCUT2D eigenvalue weighted by molar-refractivity contribution is 5.36. The largest absolute Gasteiger partial charge is 0.369 e. The van der Waals surface area contributed by atoms with Crippen molar-refractivity contribution >= 4 is 5.82 Å². The molecular formula is C11H14N2. The summed E-state index contributed by atoms with van der Waals surface area (Å²) in [6.07, 6.45) is 2.68. The van der Waals surface area contributed by atoms with E-state index in [1.54, 1.807) is 0 Å². The molecule has 0 amide bonds. The number of hydrogen-bond donors (Lipinski definition) is 1. The van der Waals surface area contributed by atoms with Crippen molar-refractivity contribution in [2.24, 2.45) is 0 Å². The Labute approximate surface area is 79.4 Å². The molecule has 2 nitrogen and oxygen atoms in total. The van der Waals surface area contributed by atoms with E-state index < -0.39 is 0 Å². The van der Waals surface area contributed by atoms with Gasteiger partial charge in [-0.15, -0.1) is 11.8 Å². The first-order chi connectivity index (χ1) is 6.33. The molecule has 0 saturated carbocycles. The fourth-order valence-corrected chi connectivity index (χ4v) is 1.01. The summed E-state index contributed by atoms with van der Waals surface area (Å²) in [7, 11) is 0. The highest BCUT2D eigenvalue weighted by Gasteiger charge is 1.91. The summed E-state index contributed by atoms with van der Waals surface area (Å²) in [6.45, 7) is 4.76. The molecule has 0 atom stereocenters. The number of rotatable bonds is 3. The van der Waals surface area contributed by atoms with Crippen LogP contribution in [0, 0.1) is 18.8 Å². The second kappa shape index (κ2) is 5.21. The first-order valence-corrected chi connectivity index (χ1v) is 4.39. The maximum atomic E-state index is 4.18. The van der Waals surface area contributed by atoms with Crippen molar-refractivity contribution in [3.8, 4) is 11.8 Å². The fraction of sp³-hybridized carbons (Fsp3) is 0.364. The molecule has 13 heavy (non-hydrogen) atoms. The number of aromatic nitrogens is 1. The molecule has 1 N–H and O–H groups in total. The van der Waals surface area contributed by atoms with E-state index in [1.165, 1.54) is 5.56 Å². The number of aryl methyl sites for hydroxylation is 1. The number of pyridine rings is 1. The Hall–Kier alpha value is -1.49. The second-order valence-electron chi connectivity index (χ2n) is 2.82. The second-order valence-corrected chi connectivity index (χ2v) is 2.82. The molecule has 68 valence electrons. The normalized spacial score (nSPS) is 8.77. The van der Waals surface area contributed by atoms with Crippen molar-refractivity contribution in [2.75, 3.05) is 11.9 Å². The molecule has 0 radical (unpaired) electrons. The van der Waals surface area contributed by atoms with Gasteiger partial charge in [0, 0.05) is 19.2 Å². The van der Waals surface area contributed by atoms with Gasteiger partial charge in [-0.1, -0.05) is 0 Å². The average Bonchev–Trinajstić information content (AvgIpc) is 2.13. The van der Waals surface area contributed by atoms with Gasteiger partial charge in [0.25, 0.3) is 0 Å². The van der Waals surface area contributed by atoms with Crippen LogP contribution in [0.15, 0.2) is 18.3 Å². The van der Waals surface area contributed by atoms with Crippen LogP contribution < -0.4 is 5.32 Å². The van der Waals surface area contributed by atoms with Crippen LogP contribution in [0.3, 0.4) is 0 Å². The van der Waals surface area contributed by atoms with Crippen molar-refractivity contribution < 1.29 is 0 Å². The van der Waals surface area contributed by atoms with Crippen LogP contribution in [0.1, 0.15) is 18.9 Å². The lowest BCUT2D eigenvalue weighted by atomic mass is 10.3.